The molecule has 0 N–H and O–H groups in total. The molecule has 1 aromatic rings. The summed E-state index contributed by atoms with van der Waals surface area (Å²) in [6.45, 7) is 3.40. The van der Waals surface area contributed by atoms with Gasteiger partial charge in [0.2, 0.25) is 0 Å². The quantitative estimate of drug-likeness (QED) is 0.748. The highest BCUT2D eigenvalue weighted by atomic mass is 15.3. The minimum atomic E-state index is 0.574. The second kappa shape index (κ2) is 4.58. The smallest absolute Gasteiger partial charge is 0.130 e. The third kappa shape index (κ3) is 1.95. The maximum absolute atomic E-state index is 8.97. The number of likely N-dealkylation sites (tertiary alicyclic amines) is 1. The minimum Gasteiger partial charge on any atom is -0.352 e. The van der Waals surface area contributed by atoms with E-state index in [4.69, 9.17) is 5.26 Å². The summed E-state index contributed by atoms with van der Waals surface area (Å²) >= 11 is 0. The Hall–Kier alpha value is -1.60. The normalized spacial score (nSPS) is 27.9. The summed E-state index contributed by atoms with van der Waals surface area (Å²) in [4.78, 5) is 9.23. The summed E-state index contributed by atoms with van der Waals surface area (Å²) in [5, 5.41) is 8.97. The highest BCUT2D eigenvalue weighted by molar-refractivity contribution is 5.47. The first kappa shape index (κ1) is 11.5. The summed E-state index contributed by atoms with van der Waals surface area (Å²) in [5.41, 5.74) is 0.701. The lowest BCUT2D eigenvalue weighted by Gasteiger charge is -2.37. The van der Waals surface area contributed by atoms with Crippen molar-refractivity contribution >= 4 is 5.82 Å². The van der Waals surface area contributed by atoms with Crippen LogP contribution in [0.3, 0.4) is 0 Å². The maximum Gasteiger partial charge on any atom is 0.130 e. The second-order valence-electron chi connectivity index (χ2n) is 5.37. The summed E-state index contributed by atoms with van der Waals surface area (Å²) in [5.74, 6) is 1.77. The fraction of sp³-hybridized carbons (Fsp3) is 0.571. The Morgan fingerprint density at radius 3 is 3.06 bits per heavy atom. The van der Waals surface area contributed by atoms with Crippen molar-refractivity contribution in [2.45, 2.75) is 18.9 Å². The minimum absolute atomic E-state index is 0.574. The van der Waals surface area contributed by atoms with Gasteiger partial charge in [-0.05, 0) is 44.5 Å². The maximum atomic E-state index is 8.97. The molecule has 0 bridgehead atoms. The number of nitriles is 1. The van der Waals surface area contributed by atoms with Crippen molar-refractivity contribution in [2.75, 3.05) is 31.6 Å². The molecule has 2 unspecified atom stereocenters. The van der Waals surface area contributed by atoms with Gasteiger partial charge in [0.15, 0.2) is 0 Å². The fourth-order valence-electron chi connectivity index (χ4n) is 3.23. The SMILES string of the molecule is CN1CCC2CCN(c3cc(C#N)ccn3)C2C1. The zero-order valence-electron chi connectivity index (χ0n) is 10.7. The molecule has 2 atom stereocenters. The van der Waals surface area contributed by atoms with Crippen molar-refractivity contribution in [3.63, 3.8) is 0 Å². The molecule has 3 heterocycles. The highest BCUT2D eigenvalue weighted by Gasteiger charge is 2.37. The fourth-order valence-corrected chi connectivity index (χ4v) is 3.23. The third-order valence-corrected chi connectivity index (χ3v) is 4.23. The van der Waals surface area contributed by atoms with Gasteiger partial charge in [-0.2, -0.15) is 5.26 Å². The van der Waals surface area contributed by atoms with Gasteiger partial charge in [0.1, 0.15) is 5.82 Å². The number of rotatable bonds is 1. The Labute approximate surface area is 108 Å². The van der Waals surface area contributed by atoms with Gasteiger partial charge in [-0.3, -0.25) is 0 Å². The van der Waals surface area contributed by atoms with Gasteiger partial charge < -0.3 is 9.80 Å². The number of hydrogen-bond donors (Lipinski definition) is 0. The summed E-state index contributed by atoms with van der Waals surface area (Å²) in [6.07, 6.45) is 4.29. The molecule has 94 valence electrons. The van der Waals surface area contributed by atoms with E-state index in [2.05, 4.69) is 27.9 Å². The molecular weight excluding hydrogens is 224 g/mol. The van der Waals surface area contributed by atoms with Crippen LogP contribution in [0.4, 0.5) is 5.82 Å². The van der Waals surface area contributed by atoms with Crippen LogP contribution in [0.25, 0.3) is 0 Å². The number of hydrogen-bond acceptors (Lipinski definition) is 4. The van der Waals surface area contributed by atoms with Crippen molar-refractivity contribution in [1.82, 2.24) is 9.88 Å². The van der Waals surface area contributed by atoms with E-state index < -0.39 is 0 Å². The average Bonchev–Trinajstić information content (AvgIpc) is 2.81. The lowest BCUT2D eigenvalue weighted by Crippen LogP contribution is -2.46. The van der Waals surface area contributed by atoms with Gasteiger partial charge in [0.05, 0.1) is 11.6 Å². The van der Waals surface area contributed by atoms with Crippen molar-refractivity contribution in [3.05, 3.63) is 23.9 Å². The van der Waals surface area contributed by atoms with Crippen LogP contribution in [0.2, 0.25) is 0 Å². The monoisotopic (exact) mass is 242 g/mol. The van der Waals surface area contributed by atoms with Gasteiger partial charge in [0, 0.05) is 25.3 Å². The third-order valence-electron chi connectivity index (χ3n) is 4.23. The zero-order chi connectivity index (χ0) is 12.5. The number of aromatic nitrogens is 1. The van der Waals surface area contributed by atoms with Crippen molar-refractivity contribution < 1.29 is 0 Å². The Morgan fingerprint density at radius 1 is 1.39 bits per heavy atom. The molecule has 4 heteroatoms. The molecule has 0 aliphatic carbocycles. The molecule has 2 aliphatic heterocycles. The number of anilines is 1. The van der Waals surface area contributed by atoms with Crippen LogP contribution in [0.15, 0.2) is 18.3 Å². The van der Waals surface area contributed by atoms with E-state index in [0.29, 0.717) is 11.6 Å². The number of pyridine rings is 1. The Bertz CT molecular complexity index is 479. The molecule has 0 saturated carbocycles. The number of nitrogens with zero attached hydrogens (tertiary/aromatic N) is 4. The predicted molar refractivity (Wildman–Crippen MR) is 70.3 cm³/mol. The standard InChI is InChI=1S/C14H18N4/c1-17-6-3-12-4-7-18(13(12)10-17)14-8-11(9-15)2-5-16-14/h2,5,8,12-13H,3-4,6-7,10H2,1H3. The Kier molecular flexibility index (Phi) is 2.92. The van der Waals surface area contributed by atoms with Gasteiger partial charge in [0.25, 0.3) is 0 Å². The van der Waals surface area contributed by atoms with E-state index in [1.54, 1.807) is 12.3 Å². The van der Waals surface area contributed by atoms with E-state index >= 15 is 0 Å². The number of likely N-dealkylation sites (N-methyl/N-ethyl adjacent to an activating group) is 1. The largest absolute Gasteiger partial charge is 0.352 e. The first-order chi connectivity index (χ1) is 8.78. The highest BCUT2D eigenvalue weighted by Crippen LogP contribution is 2.33. The van der Waals surface area contributed by atoms with Crippen LogP contribution in [-0.4, -0.2) is 42.6 Å². The van der Waals surface area contributed by atoms with Crippen LogP contribution in [0.1, 0.15) is 18.4 Å². The van der Waals surface area contributed by atoms with E-state index in [0.717, 1.165) is 24.8 Å². The molecule has 2 saturated heterocycles. The second-order valence-corrected chi connectivity index (χ2v) is 5.37. The van der Waals surface area contributed by atoms with Crippen molar-refractivity contribution in [1.29, 1.82) is 5.26 Å². The van der Waals surface area contributed by atoms with E-state index in [1.165, 1.54) is 19.4 Å². The van der Waals surface area contributed by atoms with Gasteiger partial charge in [-0.25, -0.2) is 4.98 Å². The van der Waals surface area contributed by atoms with E-state index in [1.807, 2.05) is 6.07 Å². The number of piperidine rings is 1. The number of fused-ring (bicyclic) bond motifs is 1. The molecule has 2 fully saturated rings. The van der Waals surface area contributed by atoms with Crippen molar-refractivity contribution in [3.8, 4) is 6.07 Å². The molecule has 0 spiro atoms. The zero-order valence-corrected chi connectivity index (χ0v) is 10.7. The predicted octanol–water partition coefficient (Wildman–Crippen LogP) is 1.48. The van der Waals surface area contributed by atoms with Crippen LogP contribution >= 0.6 is 0 Å². The molecular formula is C14H18N4. The average molecular weight is 242 g/mol. The van der Waals surface area contributed by atoms with Crippen molar-refractivity contribution in [2.24, 2.45) is 5.92 Å². The van der Waals surface area contributed by atoms with E-state index in [-0.39, 0.29) is 0 Å². The molecule has 0 aromatic carbocycles. The van der Waals surface area contributed by atoms with Crippen LogP contribution in [0.5, 0.6) is 0 Å². The van der Waals surface area contributed by atoms with Crippen LogP contribution in [0, 0.1) is 17.2 Å². The molecule has 18 heavy (non-hydrogen) atoms. The van der Waals surface area contributed by atoms with Crippen LogP contribution in [-0.2, 0) is 0 Å². The van der Waals surface area contributed by atoms with Gasteiger partial charge in [-0.15, -0.1) is 0 Å². The van der Waals surface area contributed by atoms with Crippen LogP contribution < -0.4 is 4.90 Å². The van der Waals surface area contributed by atoms with E-state index in [9.17, 15) is 0 Å². The Morgan fingerprint density at radius 2 is 2.22 bits per heavy atom. The Balaban J connectivity index is 1.85. The summed E-state index contributed by atoms with van der Waals surface area (Å²) in [7, 11) is 2.19. The summed E-state index contributed by atoms with van der Waals surface area (Å²) < 4.78 is 0. The molecule has 2 aliphatic rings. The lowest BCUT2D eigenvalue weighted by atomic mass is 9.92. The molecule has 3 rings (SSSR count). The topological polar surface area (TPSA) is 43.2 Å². The lowest BCUT2D eigenvalue weighted by molar-refractivity contribution is 0.208. The van der Waals surface area contributed by atoms with Gasteiger partial charge in [-0.1, -0.05) is 0 Å². The molecule has 0 amide bonds. The first-order valence-electron chi connectivity index (χ1n) is 6.59. The first-order valence-corrected chi connectivity index (χ1v) is 6.59. The molecule has 1 aromatic heterocycles. The summed E-state index contributed by atoms with van der Waals surface area (Å²) in [6, 6.07) is 6.45. The molecule has 4 nitrogen and oxygen atoms in total. The van der Waals surface area contributed by atoms with Gasteiger partial charge >= 0.3 is 0 Å². The molecule has 0 radical (unpaired) electrons.